The molecule has 0 saturated heterocycles. The Morgan fingerprint density at radius 2 is 1.47 bits per heavy atom. The molecule has 0 saturated carbocycles. The molecule has 30 heavy (non-hydrogen) atoms. The van der Waals surface area contributed by atoms with Crippen LogP contribution in [0, 0.1) is 0 Å². The Balaban J connectivity index is 3.03. The van der Waals surface area contributed by atoms with Crippen LogP contribution in [-0.4, -0.2) is 40.0 Å². The van der Waals surface area contributed by atoms with Crippen molar-refractivity contribution in [3.05, 3.63) is 29.8 Å². The van der Waals surface area contributed by atoms with E-state index in [0.29, 0.717) is 0 Å². The first-order valence-corrected chi connectivity index (χ1v) is 12.2. The van der Waals surface area contributed by atoms with E-state index in [1.54, 1.807) is 0 Å². The molecular weight excluding hydrogens is 444 g/mol. The van der Waals surface area contributed by atoms with E-state index in [1.165, 1.54) is 38.1 Å². The molecule has 170 valence electrons. The van der Waals surface area contributed by atoms with Crippen LogP contribution < -0.4 is 5.32 Å². The van der Waals surface area contributed by atoms with E-state index in [2.05, 4.69) is 24.4 Å². The molecule has 14 heteroatoms. The summed E-state index contributed by atoms with van der Waals surface area (Å²) in [5.74, 6) is -1.44. The van der Waals surface area contributed by atoms with Gasteiger partial charge in [-0.1, -0.05) is 12.1 Å². The fraction of sp³-hybridized carbons (Fsp3) is 0.500. The topological polar surface area (TPSA) is 178 Å². The smallest absolute Gasteiger partial charge is 0.374 e. The molecule has 0 heterocycles. The van der Waals surface area contributed by atoms with Gasteiger partial charge in [-0.25, -0.2) is 9.78 Å². The molecule has 0 bridgehead atoms. The zero-order valence-corrected chi connectivity index (χ0v) is 18.2. The second-order valence-corrected chi connectivity index (χ2v) is 9.88. The molecule has 12 nitrogen and oxygen atoms in total. The molecule has 2 unspecified atom stereocenters. The SMILES string of the molecule is CCOOP(=O)(O)C(c1ccc(NC(=O)CCCC(=O)O)cc1)P(=O)(O)OOCC. The molecule has 1 aromatic carbocycles. The maximum atomic E-state index is 12.5. The van der Waals surface area contributed by atoms with Crippen LogP contribution >= 0.6 is 15.2 Å². The van der Waals surface area contributed by atoms with Gasteiger partial charge < -0.3 is 20.2 Å². The van der Waals surface area contributed by atoms with Crippen LogP contribution in [0.4, 0.5) is 5.69 Å². The van der Waals surface area contributed by atoms with Crippen LogP contribution in [0.15, 0.2) is 24.3 Å². The molecule has 2 atom stereocenters. The van der Waals surface area contributed by atoms with E-state index in [9.17, 15) is 28.5 Å². The average Bonchev–Trinajstić information content (AvgIpc) is 2.65. The number of amides is 1. The molecule has 1 amide bonds. The highest BCUT2D eigenvalue weighted by atomic mass is 31.2. The van der Waals surface area contributed by atoms with Crippen LogP contribution in [0.3, 0.4) is 0 Å². The molecule has 4 N–H and O–H groups in total. The van der Waals surface area contributed by atoms with Crippen molar-refractivity contribution in [2.45, 2.75) is 38.5 Å². The van der Waals surface area contributed by atoms with E-state index in [1.807, 2.05) is 0 Å². The van der Waals surface area contributed by atoms with Crippen molar-refractivity contribution in [1.29, 1.82) is 0 Å². The maximum absolute atomic E-state index is 12.5. The van der Waals surface area contributed by atoms with Crippen LogP contribution in [-0.2, 0) is 37.8 Å². The van der Waals surface area contributed by atoms with Gasteiger partial charge in [0.1, 0.15) is 0 Å². The Kier molecular flexibility index (Phi) is 10.8. The Labute approximate surface area is 173 Å². The fourth-order valence-electron chi connectivity index (χ4n) is 2.26. The summed E-state index contributed by atoms with van der Waals surface area (Å²) in [5.41, 5.74) is 0.185. The minimum Gasteiger partial charge on any atom is -0.481 e. The van der Waals surface area contributed by atoms with Crippen molar-refractivity contribution >= 4 is 32.8 Å². The summed E-state index contributed by atoms with van der Waals surface area (Å²) in [6, 6.07) is 5.12. The van der Waals surface area contributed by atoms with Crippen LogP contribution in [0.1, 0.15) is 44.1 Å². The minimum absolute atomic E-state index is 0.0151. The van der Waals surface area contributed by atoms with Crippen LogP contribution in [0.5, 0.6) is 0 Å². The van der Waals surface area contributed by atoms with Gasteiger partial charge in [0.2, 0.25) is 5.91 Å². The lowest BCUT2D eigenvalue weighted by atomic mass is 10.2. The summed E-state index contributed by atoms with van der Waals surface area (Å²) in [7, 11) is -9.71. The number of hydrogen-bond acceptors (Lipinski definition) is 8. The maximum Gasteiger partial charge on any atom is 0.374 e. The largest absolute Gasteiger partial charge is 0.481 e. The molecule has 0 aliphatic carbocycles. The average molecular weight is 469 g/mol. The van der Waals surface area contributed by atoms with Crippen LogP contribution in [0.25, 0.3) is 0 Å². The summed E-state index contributed by atoms with van der Waals surface area (Å²) in [6.07, 6.45) is -0.00370. The molecule has 0 fully saturated rings. The van der Waals surface area contributed by atoms with Gasteiger partial charge >= 0.3 is 21.2 Å². The second kappa shape index (κ2) is 12.3. The zero-order chi connectivity index (χ0) is 22.8. The first kappa shape index (κ1) is 26.4. The molecule has 0 spiro atoms. The predicted octanol–water partition coefficient (Wildman–Crippen LogP) is 3.19. The van der Waals surface area contributed by atoms with Gasteiger partial charge in [-0.15, -0.1) is 9.35 Å². The number of carboxylic acid groups (broad SMARTS) is 1. The number of rotatable bonds is 14. The number of nitrogens with one attached hydrogen (secondary N) is 1. The van der Waals surface area contributed by atoms with Gasteiger partial charge in [0.15, 0.2) is 5.40 Å². The van der Waals surface area contributed by atoms with Gasteiger partial charge in [0, 0.05) is 18.5 Å². The number of benzene rings is 1. The molecule has 1 rings (SSSR count). The molecule has 0 aliphatic rings. The van der Waals surface area contributed by atoms with E-state index in [-0.39, 0.29) is 43.7 Å². The molecule has 0 aliphatic heterocycles. The zero-order valence-electron chi connectivity index (χ0n) is 16.4. The number of carboxylic acids is 1. The Morgan fingerprint density at radius 1 is 0.967 bits per heavy atom. The lowest BCUT2D eigenvalue weighted by Gasteiger charge is -2.24. The number of carbonyl (C=O) groups is 2. The van der Waals surface area contributed by atoms with Gasteiger partial charge in [-0.2, -0.15) is 0 Å². The third kappa shape index (κ3) is 8.63. The Bertz CT molecular complexity index is 771. The quantitative estimate of drug-likeness (QED) is 0.179. The number of anilines is 1. The monoisotopic (exact) mass is 469 g/mol. The van der Waals surface area contributed by atoms with Crippen LogP contribution in [0.2, 0.25) is 0 Å². The highest BCUT2D eigenvalue weighted by molar-refractivity contribution is 7.71. The summed E-state index contributed by atoms with van der Waals surface area (Å²) in [5, 5.41) is 9.06. The van der Waals surface area contributed by atoms with Gasteiger partial charge in [0.05, 0.1) is 13.2 Å². The summed E-state index contributed by atoms with van der Waals surface area (Å²) in [6.45, 7) is 2.79. The standard InChI is InChI=1S/C16H25NO11P2/c1-3-25-27-29(21,22)16(30(23,24)28-26-4-2)12-8-10-13(11-9-12)17-14(18)6-5-7-15(19)20/h8-11,16H,3-7H2,1-2H3,(H,17,18)(H,19,20)(H,21,22)(H,23,24). The third-order valence-corrected chi connectivity index (χ3v) is 7.68. The lowest BCUT2D eigenvalue weighted by Crippen LogP contribution is -2.12. The van der Waals surface area contributed by atoms with Crippen molar-refractivity contribution in [2.24, 2.45) is 0 Å². The van der Waals surface area contributed by atoms with Gasteiger partial charge in [-0.3, -0.25) is 18.7 Å². The highest BCUT2D eigenvalue weighted by Crippen LogP contribution is 2.74. The molecule has 1 aromatic rings. The van der Waals surface area contributed by atoms with E-state index >= 15 is 0 Å². The normalized spacial score (nSPS) is 16.3. The molecular formula is C16H25NO11P2. The van der Waals surface area contributed by atoms with Gasteiger partial charge in [-0.05, 0) is 38.0 Å². The first-order valence-electron chi connectivity index (χ1n) is 8.92. The van der Waals surface area contributed by atoms with Gasteiger partial charge in [0.25, 0.3) is 0 Å². The molecule has 0 radical (unpaired) electrons. The van der Waals surface area contributed by atoms with Crippen molar-refractivity contribution in [3.8, 4) is 0 Å². The highest BCUT2D eigenvalue weighted by Gasteiger charge is 2.50. The first-order chi connectivity index (χ1) is 14.0. The Hall–Kier alpha value is -1.62. The number of hydrogen-bond donors (Lipinski definition) is 4. The summed E-state index contributed by atoms with van der Waals surface area (Å²) >= 11 is 0. The van der Waals surface area contributed by atoms with E-state index < -0.39 is 32.5 Å². The number of aliphatic carboxylic acids is 1. The van der Waals surface area contributed by atoms with Crippen molar-refractivity contribution < 1.29 is 52.7 Å². The third-order valence-electron chi connectivity index (χ3n) is 3.46. The fourth-order valence-corrected chi connectivity index (χ4v) is 5.74. The molecule has 0 aromatic heterocycles. The van der Waals surface area contributed by atoms with Crippen molar-refractivity contribution in [2.75, 3.05) is 18.5 Å². The predicted molar refractivity (Wildman–Crippen MR) is 104 cm³/mol. The van der Waals surface area contributed by atoms with E-state index in [0.717, 1.165) is 0 Å². The minimum atomic E-state index is -4.85. The van der Waals surface area contributed by atoms with E-state index in [4.69, 9.17) is 5.11 Å². The summed E-state index contributed by atoms with van der Waals surface area (Å²) in [4.78, 5) is 51.6. The Morgan fingerprint density at radius 3 is 1.90 bits per heavy atom. The summed E-state index contributed by atoms with van der Waals surface area (Å²) < 4.78 is 34.0. The van der Waals surface area contributed by atoms with Crippen molar-refractivity contribution in [3.63, 3.8) is 0 Å². The number of carbonyl (C=O) groups excluding carboxylic acids is 1. The van der Waals surface area contributed by atoms with Crippen molar-refractivity contribution in [1.82, 2.24) is 0 Å². The second-order valence-electron chi connectivity index (χ2n) is 5.88. The lowest BCUT2D eigenvalue weighted by molar-refractivity contribution is -0.214.